The summed E-state index contributed by atoms with van der Waals surface area (Å²) in [6, 6.07) is 18.6. The molecule has 0 aliphatic carbocycles. The molecule has 1 amide bonds. The van der Waals surface area contributed by atoms with Crippen molar-refractivity contribution in [3.8, 4) is 11.3 Å². The predicted octanol–water partition coefficient (Wildman–Crippen LogP) is 4.68. The highest BCUT2D eigenvalue weighted by Gasteiger charge is 2.21. The standard InChI is InChI=1S/C24H25FN2O2/c1-18-5-4-6-19(17-18)26-13-15-27(16-14-26)24(28)12-10-20-9-11-23(29-20)21-7-2-3-8-22(21)25/h2-9,11,17H,10,12-16H2,1H3. The van der Waals surface area contributed by atoms with E-state index in [2.05, 4.69) is 36.1 Å². The molecule has 2 aromatic carbocycles. The van der Waals surface area contributed by atoms with E-state index in [1.165, 1.54) is 17.3 Å². The number of anilines is 1. The first kappa shape index (κ1) is 19.2. The number of rotatable bonds is 5. The topological polar surface area (TPSA) is 36.7 Å². The van der Waals surface area contributed by atoms with Crippen molar-refractivity contribution in [3.63, 3.8) is 0 Å². The highest BCUT2D eigenvalue weighted by molar-refractivity contribution is 5.76. The summed E-state index contributed by atoms with van der Waals surface area (Å²) in [5.41, 5.74) is 2.90. The summed E-state index contributed by atoms with van der Waals surface area (Å²) >= 11 is 0. The molecule has 0 N–H and O–H groups in total. The average molecular weight is 392 g/mol. The zero-order chi connectivity index (χ0) is 20.2. The summed E-state index contributed by atoms with van der Waals surface area (Å²) in [6.07, 6.45) is 0.917. The number of carbonyl (C=O) groups is 1. The maximum atomic E-state index is 13.9. The normalized spacial score (nSPS) is 14.3. The molecule has 0 spiro atoms. The fourth-order valence-corrected chi connectivity index (χ4v) is 3.75. The van der Waals surface area contributed by atoms with Gasteiger partial charge in [-0.2, -0.15) is 0 Å². The number of carbonyl (C=O) groups excluding carboxylic acids is 1. The number of amides is 1. The van der Waals surface area contributed by atoms with Crippen LogP contribution in [0.2, 0.25) is 0 Å². The molecule has 1 aliphatic rings. The van der Waals surface area contributed by atoms with Crippen LogP contribution in [-0.4, -0.2) is 37.0 Å². The molecule has 4 nitrogen and oxygen atoms in total. The van der Waals surface area contributed by atoms with Gasteiger partial charge >= 0.3 is 0 Å². The zero-order valence-electron chi connectivity index (χ0n) is 16.6. The number of aryl methyl sites for hydroxylation is 2. The van der Waals surface area contributed by atoms with E-state index in [4.69, 9.17) is 4.42 Å². The van der Waals surface area contributed by atoms with Gasteiger partial charge in [-0.05, 0) is 48.9 Å². The highest BCUT2D eigenvalue weighted by atomic mass is 19.1. The maximum absolute atomic E-state index is 13.9. The van der Waals surface area contributed by atoms with E-state index >= 15 is 0 Å². The first-order valence-electron chi connectivity index (χ1n) is 10.0. The van der Waals surface area contributed by atoms with Gasteiger partial charge in [0, 0.05) is 44.7 Å². The van der Waals surface area contributed by atoms with Crippen LogP contribution in [0, 0.1) is 12.7 Å². The van der Waals surface area contributed by atoms with Crippen molar-refractivity contribution < 1.29 is 13.6 Å². The Morgan fingerprint density at radius 3 is 2.55 bits per heavy atom. The van der Waals surface area contributed by atoms with Gasteiger partial charge in [-0.1, -0.05) is 24.3 Å². The van der Waals surface area contributed by atoms with Crippen LogP contribution < -0.4 is 4.90 Å². The van der Waals surface area contributed by atoms with E-state index in [9.17, 15) is 9.18 Å². The van der Waals surface area contributed by atoms with E-state index in [0.717, 1.165) is 26.2 Å². The summed E-state index contributed by atoms with van der Waals surface area (Å²) in [5, 5.41) is 0. The monoisotopic (exact) mass is 392 g/mol. The molecule has 1 saturated heterocycles. The zero-order valence-corrected chi connectivity index (χ0v) is 16.6. The molecule has 4 rings (SSSR count). The van der Waals surface area contributed by atoms with E-state index in [1.807, 2.05) is 11.0 Å². The van der Waals surface area contributed by atoms with Crippen LogP contribution in [-0.2, 0) is 11.2 Å². The fraction of sp³-hybridized carbons (Fsp3) is 0.292. The van der Waals surface area contributed by atoms with Gasteiger partial charge in [-0.25, -0.2) is 4.39 Å². The van der Waals surface area contributed by atoms with Crippen LogP contribution in [0.4, 0.5) is 10.1 Å². The minimum Gasteiger partial charge on any atom is -0.461 e. The Morgan fingerprint density at radius 1 is 1.00 bits per heavy atom. The second kappa shape index (κ2) is 8.52. The van der Waals surface area contributed by atoms with Gasteiger partial charge in [0.15, 0.2) is 0 Å². The third-order valence-corrected chi connectivity index (χ3v) is 5.39. The quantitative estimate of drug-likeness (QED) is 0.633. The molecule has 0 radical (unpaired) electrons. The molecule has 5 heteroatoms. The van der Waals surface area contributed by atoms with Crippen molar-refractivity contribution in [2.24, 2.45) is 0 Å². The van der Waals surface area contributed by atoms with E-state index in [0.29, 0.717) is 29.9 Å². The lowest BCUT2D eigenvalue weighted by Gasteiger charge is -2.36. The summed E-state index contributed by atoms with van der Waals surface area (Å²) in [4.78, 5) is 16.9. The van der Waals surface area contributed by atoms with Crippen molar-refractivity contribution in [2.75, 3.05) is 31.1 Å². The molecular formula is C24H25FN2O2. The van der Waals surface area contributed by atoms with E-state index in [-0.39, 0.29) is 11.7 Å². The number of hydrogen-bond acceptors (Lipinski definition) is 3. The van der Waals surface area contributed by atoms with Gasteiger partial charge in [0.2, 0.25) is 5.91 Å². The molecule has 0 atom stereocenters. The van der Waals surface area contributed by atoms with Crippen molar-refractivity contribution in [1.82, 2.24) is 4.90 Å². The van der Waals surface area contributed by atoms with Crippen molar-refractivity contribution in [1.29, 1.82) is 0 Å². The summed E-state index contributed by atoms with van der Waals surface area (Å²) in [6.45, 7) is 5.23. The molecule has 29 heavy (non-hydrogen) atoms. The Morgan fingerprint density at radius 2 is 1.79 bits per heavy atom. The van der Waals surface area contributed by atoms with Crippen LogP contribution in [0.3, 0.4) is 0 Å². The smallest absolute Gasteiger partial charge is 0.223 e. The number of piperazine rings is 1. The molecule has 0 bridgehead atoms. The Balaban J connectivity index is 1.29. The van der Waals surface area contributed by atoms with Crippen LogP contribution in [0.5, 0.6) is 0 Å². The van der Waals surface area contributed by atoms with Gasteiger partial charge in [-0.3, -0.25) is 4.79 Å². The van der Waals surface area contributed by atoms with Crippen molar-refractivity contribution in [2.45, 2.75) is 19.8 Å². The second-order valence-electron chi connectivity index (χ2n) is 7.45. The lowest BCUT2D eigenvalue weighted by atomic mass is 10.1. The highest BCUT2D eigenvalue weighted by Crippen LogP contribution is 2.25. The van der Waals surface area contributed by atoms with Crippen LogP contribution in [0.15, 0.2) is 65.1 Å². The Hall–Kier alpha value is -3.08. The molecule has 1 aromatic heterocycles. The van der Waals surface area contributed by atoms with Gasteiger partial charge in [0.05, 0.1) is 5.56 Å². The minimum atomic E-state index is -0.309. The number of hydrogen-bond donors (Lipinski definition) is 0. The molecule has 3 aromatic rings. The largest absolute Gasteiger partial charge is 0.461 e. The Kier molecular flexibility index (Phi) is 5.65. The van der Waals surface area contributed by atoms with Gasteiger partial charge in [-0.15, -0.1) is 0 Å². The summed E-state index contributed by atoms with van der Waals surface area (Å²) < 4.78 is 19.6. The first-order chi connectivity index (χ1) is 14.1. The van der Waals surface area contributed by atoms with Crippen LogP contribution >= 0.6 is 0 Å². The van der Waals surface area contributed by atoms with Gasteiger partial charge in [0.25, 0.3) is 0 Å². The second-order valence-corrected chi connectivity index (χ2v) is 7.45. The number of halogens is 1. The summed E-state index contributed by atoms with van der Waals surface area (Å²) in [7, 11) is 0. The molecule has 1 fully saturated rings. The van der Waals surface area contributed by atoms with Crippen molar-refractivity contribution in [3.05, 3.63) is 77.8 Å². The molecule has 0 saturated carbocycles. The SMILES string of the molecule is Cc1cccc(N2CCN(C(=O)CCc3ccc(-c4ccccc4F)o3)CC2)c1. The summed E-state index contributed by atoms with van der Waals surface area (Å²) in [5.74, 6) is 1.03. The third kappa shape index (κ3) is 4.50. The Bertz CT molecular complexity index is 990. The maximum Gasteiger partial charge on any atom is 0.223 e. The fourth-order valence-electron chi connectivity index (χ4n) is 3.75. The lowest BCUT2D eigenvalue weighted by Crippen LogP contribution is -2.48. The molecular weight excluding hydrogens is 367 g/mol. The predicted molar refractivity (Wildman–Crippen MR) is 112 cm³/mol. The number of benzene rings is 2. The molecule has 150 valence electrons. The molecule has 2 heterocycles. The van der Waals surface area contributed by atoms with Crippen LogP contribution in [0.25, 0.3) is 11.3 Å². The van der Waals surface area contributed by atoms with Crippen molar-refractivity contribution >= 4 is 11.6 Å². The number of furan rings is 1. The van der Waals surface area contributed by atoms with E-state index < -0.39 is 0 Å². The first-order valence-corrected chi connectivity index (χ1v) is 10.0. The molecule has 0 unspecified atom stereocenters. The van der Waals surface area contributed by atoms with Crippen LogP contribution in [0.1, 0.15) is 17.7 Å². The third-order valence-electron chi connectivity index (χ3n) is 5.39. The minimum absolute atomic E-state index is 0.137. The van der Waals surface area contributed by atoms with Gasteiger partial charge < -0.3 is 14.2 Å². The number of nitrogens with zero attached hydrogens (tertiary/aromatic N) is 2. The molecule has 1 aliphatic heterocycles. The Labute approximate surface area is 170 Å². The van der Waals surface area contributed by atoms with Gasteiger partial charge in [0.1, 0.15) is 17.3 Å². The average Bonchev–Trinajstić information content (AvgIpc) is 3.21. The van der Waals surface area contributed by atoms with E-state index in [1.54, 1.807) is 24.3 Å². The lowest BCUT2D eigenvalue weighted by molar-refractivity contribution is -0.131.